The van der Waals surface area contributed by atoms with Crippen LogP contribution in [0.5, 0.6) is 0 Å². The molecule has 8 heteroatoms. The SMILES string of the molecule is O=C1NC(=O)[C@H]2[C@@H]1[C@H](C(=O)c1cccc([N+](=O)[O-])c1)N1C=Cc3ccccc3[C@H]21. The quantitative estimate of drug-likeness (QED) is 0.373. The number of amides is 2. The highest BCUT2D eigenvalue weighted by Gasteiger charge is 2.61. The third-order valence-corrected chi connectivity index (χ3v) is 5.91. The number of non-ortho nitro benzene ring substituents is 1. The molecular formula is C21H15N3O5. The van der Waals surface area contributed by atoms with Crippen molar-refractivity contribution in [1.29, 1.82) is 0 Å². The summed E-state index contributed by atoms with van der Waals surface area (Å²) in [6.07, 6.45) is 3.59. The summed E-state index contributed by atoms with van der Waals surface area (Å²) in [5.74, 6) is -2.84. The molecule has 0 unspecified atom stereocenters. The van der Waals surface area contributed by atoms with E-state index in [0.29, 0.717) is 0 Å². The number of benzene rings is 2. The van der Waals surface area contributed by atoms with Gasteiger partial charge in [0.05, 0.1) is 22.8 Å². The first-order valence-electron chi connectivity index (χ1n) is 9.15. The minimum atomic E-state index is -0.914. The minimum absolute atomic E-state index is 0.142. The van der Waals surface area contributed by atoms with Crippen LogP contribution in [0.1, 0.15) is 27.5 Å². The molecule has 3 heterocycles. The number of carbonyl (C=O) groups is 3. The van der Waals surface area contributed by atoms with Gasteiger partial charge in [0.15, 0.2) is 5.78 Å². The minimum Gasteiger partial charge on any atom is -0.358 e. The Balaban J connectivity index is 1.63. The summed E-state index contributed by atoms with van der Waals surface area (Å²) in [5.41, 5.74) is 1.75. The molecule has 2 amide bonds. The average molecular weight is 389 g/mol. The Morgan fingerprint density at radius 2 is 1.79 bits per heavy atom. The predicted molar refractivity (Wildman–Crippen MR) is 101 cm³/mol. The molecule has 8 nitrogen and oxygen atoms in total. The molecule has 0 bridgehead atoms. The van der Waals surface area contributed by atoms with Crippen molar-refractivity contribution in [2.45, 2.75) is 12.1 Å². The van der Waals surface area contributed by atoms with Crippen LogP contribution < -0.4 is 5.32 Å². The Morgan fingerprint density at radius 3 is 2.59 bits per heavy atom. The number of hydrogen-bond donors (Lipinski definition) is 1. The lowest BCUT2D eigenvalue weighted by Gasteiger charge is -2.34. The van der Waals surface area contributed by atoms with E-state index in [1.54, 1.807) is 11.1 Å². The summed E-state index contributed by atoms with van der Waals surface area (Å²) >= 11 is 0. The molecule has 2 saturated heterocycles. The number of hydrogen-bond acceptors (Lipinski definition) is 6. The van der Waals surface area contributed by atoms with Crippen molar-refractivity contribution in [3.63, 3.8) is 0 Å². The van der Waals surface area contributed by atoms with E-state index in [1.807, 2.05) is 30.3 Å². The van der Waals surface area contributed by atoms with Crippen LogP contribution in [0.3, 0.4) is 0 Å². The van der Waals surface area contributed by atoms with Gasteiger partial charge in [-0.05, 0) is 17.2 Å². The maximum Gasteiger partial charge on any atom is 0.270 e. The molecule has 2 aromatic rings. The fourth-order valence-electron chi connectivity index (χ4n) is 4.72. The normalized spacial score (nSPS) is 26.6. The Kier molecular flexibility index (Phi) is 3.64. The number of fused-ring (bicyclic) bond motifs is 5. The maximum absolute atomic E-state index is 13.4. The lowest BCUT2D eigenvalue weighted by molar-refractivity contribution is -0.384. The zero-order valence-corrected chi connectivity index (χ0v) is 15.0. The molecule has 3 aliphatic rings. The molecule has 0 aromatic heterocycles. The number of nitro groups is 1. The van der Waals surface area contributed by atoms with E-state index in [4.69, 9.17) is 0 Å². The molecule has 0 spiro atoms. The highest BCUT2D eigenvalue weighted by Crippen LogP contribution is 2.51. The van der Waals surface area contributed by atoms with Crippen molar-refractivity contribution in [3.8, 4) is 0 Å². The second-order valence-corrected chi connectivity index (χ2v) is 7.36. The van der Waals surface area contributed by atoms with Crippen LogP contribution in [0.25, 0.3) is 6.08 Å². The van der Waals surface area contributed by atoms with Gasteiger partial charge < -0.3 is 4.90 Å². The first-order valence-corrected chi connectivity index (χ1v) is 9.15. The summed E-state index contributed by atoms with van der Waals surface area (Å²) in [7, 11) is 0. The fourth-order valence-corrected chi connectivity index (χ4v) is 4.72. The highest BCUT2D eigenvalue weighted by molar-refractivity contribution is 6.12. The lowest BCUT2D eigenvalue weighted by Crippen LogP contribution is -2.42. The van der Waals surface area contributed by atoms with Gasteiger partial charge in [0.25, 0.3) is 5.69 Å². The number of ketones is 1. The van der Waals surface area contributed by atoms with Crippen LogP contribution in [0, 0.1) is 22.0 Å². The maximum atomic E-state index is 13.4. The van der Waals surface area contributed by atoms with Crippen molar-refractivity contribution in [2.75, 3.05) is 0 Å². The van der Waals surface area contributed by atoms with Crippen LogP contribution in [0.2, 0.25) is 0 Å². The van der Waals surface area contributed by atoms with E-state index in [1.165, 1.54) is 24.3 Å². The largest absolute Gasteiger partial charge is 0.358 e. The standard InChI is InChI=1S/C21H15N3O5/c25-19(12-5-3-6-13(10-12)24(28)29)18-16-15(20(26)22-21(16)27)17-14-7-2-1-4-11(14)8-9-23(17)18/h1-10,15-18H,(H,22,26,27)/t15-,16+,17+,18+/m0/s1. The Morgan fingerprint density at radius 1 is 1.03 bits per heavy atom. The monoisotopic (exact) mass is 389 g/mol. The summed E-state index contributed by atoms with van der Waals surface area (Å²) in [6, 6.07) is 11.6. The summed E-state index contributed by atoms with van der Waals surface area (Å²) in [6.45, 7) is 0. The first-order chi connectivity index (χ1) is 14.0. The zero-order valence-electron chi connectivity index (χ0n) is 15.0. The number of nitrogens with one attached hydrogen (secondary N) is 1. The molecule has 5 rings (SSSR count). The number of rotatable bonds is 3. The van der Waals surface area contributed by atoms with E-state index in [9.17, 15) is 24.5 Å². The van der Waals surface area contributed by atoms with Crippen LogP contribution in [0.4, 0.5) is 5.69 Å². The molecule has 1 N–H and O–H groups in total. The number of Topliss-reactive ketones (excluding diaryl/α,β-unsaturated/α-hetero) is 1. The van der Waals surface area contributed by atoms with Gasteiger partial charge in [-0.1, -0.05) is 36.4 Å². The zero-order chi connectivity index (χ0) is 20.3. The lowest BCUT2D eigenvalue weighted by atomic mass is 9.83. The summed E-state index contributed by atoms with van der Waals surface area (Å²) in [5, 5.41) is 13.5. The van der Waals surface area contributed by atoms with E-state index >= 15 is 0 Å². The summed E-state index contributed by atoms with van der Waals surface area (Å²) in [4.78, 5) is 50.9. The van der Waals surface area contributed by atoms with Gasteiger partial charge in [-0.2, -0.15) is 0 Å². The van der Waals surface area contributed by atoms with E-state index in [0.717, 1.165) is 11.1 Å². The van der Waals surface area contributed by atoms with Crippen LogP contribution in [-0.2, 0) is 9.59 Å². The van der Waals surface area contributed by atoms with Gasteiger partial charge in [-0.15, -0.1) is 0 Å². The van der Waals surface area contributed by atoms with Gasteiger partial charge in [-0.25, -0.2) is 0 Å². The van der Waals surface area contributed by atoms with Gasteiger partial charge in [0.1, 0.15) is 6.04 Å². The van der Waals surface area contributed by atoms with Crippen molar-refractivity contribution in [3.05, 3.63) is 81.5 Å². The molecular weight excluding hydrogens is 374 g/mol. The summed E-state index contributed by atoms with van der Waals surface area (Å²) < 4.78 is 0. The number of imide groups is 1. The molecule has 29 heavy (non-hydrogen) atoms. The van der Waals surface area contributed by atoms with Crippen molar-refractivity contribution in [1.82, 2.24) is 10.2 Å². The molecule has 2 fully saturated rings. The number of nitrogens with zero attached hydrogens (tertiary/aromatic N) is 2. The van der Waals surface area contributed by atoms with Crippen molar-refractivity contribution < 1.29 is 19.3 Å². The number of nitro benzene ring substituents is 1. The highest BCUT2D eigenvalue weighted by atomic mass is 16.6. The Bertz CT molecular complexity index is 1120. The number of carbonyl (C=O) groups excluding carboxylic acids is 3. The molecule has 2 aromatic carbocycles. The average Bonchev–Trinajstić information content (AvgIpc) is 3.22. The van der Waals surface area contributed by atoms with E-state index in [2.05, 4.69) is 5.32 Å². The Hall–Kier alpha value is -3.81. The van der Waals surface area contributed by atoms with Crippen LogP contribution >= 0.6 is 0 Å². The van der Waals surface area contributed by atoms with Crippen LogP contribution in [-0.4, -0.2) is 33.5 Å². The predicted octanol–water partition coefficient (Wildman–Crippen LogP) is 2.08. The molecule has 3 aliphatic heterocycles. The third-order valence-electron chi connectivity index (χ3n) is 5.91. The van der Waals surface area contributed by atoms with Crippen LogP contribution in [0.15, 0.2) is 54.7 Å². The van der Waals surface area contributed by atoms with E-state index < -0.39 is 46.4 Å². The van der Waals surface area contributed by atoms with Gasteiger partial charge in [0.2, 0.25) is 11.8 Å². The van der Waals surface area contributed by atoms with E-state index in [-0.39, 0.29) is 11.3 Å². The Labute approximate surface area is 165 Å². The van der Waals surface area contributed by atoms with Gasteiger partial charge in [0, 0.05) is 23.9 Å². The second kappa shape index (κ2) is 6.10. The smallest absolute Gasteiger partial charge is 0.270 e. The third kappa shape index (κ3) is 2.42. The first kappa shape index (κ1) is 17.3. The second-order valence-electron chi connectivity index (χ2n) is 7.36. The molecule has 0 saturated carbocycles. The van der Waals surface area contributed by atoms with Crippen molar-refractivity contribution in [2.24, 2.45) is 11.8 Å². The fraction of sp³-hybridized carbons (Fsp3) is 0.190. The van der Waals surface area contributed by atoms with Gasteiger partial charge >= 0.3 is 0 Å². The van der Waals surface area contributed by atoms with Crippen molar-refractivity contribution >= 4 is 29.4 Å². The molecule has 0 aliphatic carbocycles. The molecule has 144 valence electrons. The topological polar surface area (TPSA) is 110 Å². The molecule has 0 radical (unpaired) electrons. The molecule has 4 atom stereocenters. The van der Waals surface area contributed by atoms with Gasteiger partial charge in [-0.3, -0.25) is 29.8 Å².